The maximum atomic E-state index is 11.7. The van der Waals surface area contributed by atoms with E-state index in [9.17, 15) is 4.79 Å². The van der Waals surface area contributed by atoms with Gasteiger partial charge < -0.3 is 4.43 Å². The average Bonchev–Trinajstić information content (AvgIpc) is 2.15. The Balaban J connectivity index is 2.87. The molecule has 0 heterocycles. The third kappa shape index (κ3) is 3.71. The Labute approximate surface area is 91.7 Å². The Kier molecular flexibility index (Phi) is 3.47. The van der Waals surface area contributed by atoms with E-state index in [0.717, 1.165) is 5.56 Å². The maximum absolute atomic E-state index is 11.7. The second-order valence-electron chi connectivity index (χ2n) is 4.33. The van der Waals surface area contributed by atoms with Gasteiger partial charge in [-0.15, -0.1) is 0 Å². The van der Waals surface area contributed by atoms with Crippen LogP contribution >= 0.6 is 0 Å². The lowest BCUT2D eigenvalue weighted by atomic mass is 10.1. The van der Waals surface area contributed by atoms with Crippen molar-refractivity contribution in [2.75, 3.05) is 0 Å². The third-order valence-corrected chi connectivity index (χ3v) is 2.55. The molecule has 0 aliphatic rings. The van der Waals surface area contributed by atoms with Crippen LogP contribution in [0.2, 0.25) is 19.6 Å². The first-order valence-electron chi connectivity index (χ1n) is 4.88. The molecule has 0 bridgehead atoms. The number of carbonyl (C=O) groups excluding carboxylic acids is 1. The van der Waals surface area contributed by atoms with E-state index in [1.807, 2.05) is 31.8 Å². The minimum absolute atomic E-state index is 0.238. The lowest BCUT2D eigenvalue weighted by molar-refractivity contribution is 0.0724. The van der Waals surface area contributed by atoms with Gasteiger partial charge in [0.05, 0.1) is 5.56 Å². The van der Waals surface area contributed by atoms with E-state index in [-0.39, 0.29) is 5.97 Å². The van der Waals surface area contributed by atoms with Gasteiger partial charge in [0.25, 0.3) is 0 Å². The lowest BCUT2D eigenvalue weighted by Gasteiger charge is -2.17. The predicted octanol–water partition coefficient (Wildman–Crippen LogP) is 3.32. The Morgan fingerprint density at radius 3 is 2.60 bits per heavy atom. The van der Waals surface area contributed by atoms with E-state index in [0.29, 0.717) is 5.56 Å². The van der Waals surface area contributed by atoms with Crippen molar-refractivity contribution in [2.45, 2.75) is 19.6 Å². The van der Waals surface area contributed by atoms with Crippen molar-refractivity contribution in [1.29, 1.82) is 0 Å². The van der Waals surface area contributed by atoms with Crippen molar-refractivity contribution in [2.24, 2.45) is 0 Å². The summed E-state index contributed by atoms with van der Waals surface area (Å²) in [6, 6.07) is 7.28. The number of hydrogen-bond acceptors (Lipinski definition) is 2. The first-order valence-corrected chi connectivity index (χ1v) is 8.29. The molecule has 0 radical (unpaired) electrons. The first kappa shape index (κ1) is 11.7. The average molecular weight is 220 g/mol. The fraction of sp³-hybridized carbons (Fsp3) is 0.250. The zero-order chi connectivity index (χ0) is 11.5. The molecule has 3 heteroatoms. The van der Waals surface area contributed by atoms with Crippen molar-refractivity contribution in [3.8, 4) is 0 Å². The molecule has 80 valence electrons. The molecule has 0 atom stereocenters. The summed E-state index contributed by atoms with van der Waals surface area (Å²) in [5, 5.41) is 0. The second-order valence-corrected chi connectivity index (χ2v) is 8.76. The molecule has 1 aromatic carbocycles. The molecule has 1 aromatic rings. The van der Waals surface area contributed by atoms with Crippen LogP contribution < -0.4 is 0 Å². The third-order valence-electron chi connectivity index (χ3n) is 1.76. The molecular weight excluding hydrogens is 204 g/mol. The van der Waals surface area contributed by atoms with Crippen molar-refractivity contribution in [3.05, 3.63) is 42.0 Å². The van der Waals surface area contributed by atoms with Gasteiger partial charge in [-0.05, 0) is 37.3 Å². The minimum Gasteiger partial charge on any atom is -0.516 e. The second kappa shape index (κ2) is 4.44. The highest BCUT2D eigenvalue weighted by atomic mass is 28.4. The molecule has 0 fully saturated rings. The predicted molar refractivity (Wildman–Crippen MR) is 65.3 cm³/mol. The van der Waals surface area contributed by atoms with Gasteiger partial charge in [-0.2, -0.15) is 0 Å². The summed E-state index contributed by atoms with van der Waals surface area (Å²) in [6.45, 7) is 9.63. The summed E-state index contributed by atoms with van der Waals surface area (Å²) in [7, 11) is -1.81. The van der Waals surface area contributed by atoms with Crippen LogP contribution in [0.5, 0.6) is 0 Å². The van der Waals surface area contributed by atoms with Crippen LogP contribution in [0.25, 0.3) is 6.08 Å². The normalized spacial score (nSPS) is 10.9. The van der Waals surface area contributed by atoms with Crippen molar-refractivity contribution in [3.63, 3.8) is 0 Å². The first-order chi connectivity index (χ1) is 6.92. The van der Waals surface area contributed by atoms with Crippen LogP contribution in [-0.2, 0) is 4.43 Å². The highest BCUT2D eigenvalue weighted by Gasteiger charge is 2.20. The topological polar surface area (TPSA) is 26.3 Å². The summed E-state index contributed by atoms with van der Waals surface area (Å²) >= 11 is 0. The van der Waals surface area contributed by atoms with E-state index in [1.165, 1.54) is 0 Å². The molecule has 2 nitrogen and oxygen atoms in total. The fourth-order valence-corrected chi connectivity index (χ4v) is 1.80. The highest BCUT2D eigenvalue weighted by molar-refractivity contribution is 6.71. The van der Waals surface area contributed by atoms with Gasteiger partial charge in [-0.1, -0.05) is 24.8 Å². The lowest BCUT2D eigenvalue weighted by Crippen LogP contribution is -2.29. The van der Waals surface area contributed by atoms with Crippen molar-refractivity contribution in [1.82, 2.24) is 0 Å². The minimum atomic E-state index is -1.81. The Morgan fingerprint density at radius 1 is 1.40 bits per heavy atom. The summed E-state index contributed by atoms with van der Waals surface area (Å²) in [6.07, 6.45) is 1.71. The highest BCUT2D eigenvalue weighted by Crippen LogP contribution is 2.11. The summed E-state index contributed by atoms with van der Waals surface area (Å²) < 4.78 is 5.39. The summed E-state index contributed by atoms with van der Waals surface area (Å²) in [5.74, 6) is -0.238. The van der Waals surface area contributed by atoms with Crippen molar-refractivity contribution >= 4 is 20.4 Å². The zero-order valence-electron chi connectivity index (χ0n) is 9.41. The monoisotopic (exact) mass is 220 g/mol. The van der Waals surface area contributed by atoms with Gasteiger partial charge in [0, 0.05) is 0 Å². The van der Waals surface area contributed by atoms with Gasteiger partial charge in [0.2, 0.25) is 8.32 Å². The van der Waals surface area contributed by atoms with Crippen LogP contribution in [0.3, 0.4) is 0 Å². The van der Waals surface area contributed by atoms with Crippen LogP contribution in [0.15, 0.2) is 30.8 Å². The molecule has 0 spiro atoms. The van der Waals surface area contributed by atoms with Crippen molar-refractivity contribution < 1.29 is 9.22 Å². The summed E-state index contributed by atoms with van der Waals surface area (Å²) in [4.78, 5) is 11.7. The molecule has 0 unspecified atom stereocenters. The van der Waals surface area contributed by atoms with E-state index < -0.39 is 8.32 Å². The van der Waals surface area contributed by atoms with Gasteiger partial charge in [-0.25, -0.2) is 4.79 Å². The Bertz CT molecular complexity index is 377. The molecule has 0 aliphatic heterocycles. The number of rotatable bonds is 3. The Hall–Kier alpha value is -1.35. The largest absolute Gasteiger partial charge is 0.516 e. The molecule has 1 rings (SSSR count). The Morgan fingerprint density at radius 2 is 2.07 bits per heavy atom. The summed E-state index contributed by atoms with van der Waals surface area (Å²) in [5.41, 5.74) is 1.52. The SMILES string of the molecule is C=Cc1cccc(C(=O)O[Si](C)(C)C)c1. The fourth-order valence-electron chi connectivity index (χ4n) is 1.13. The molecule has 0 saturated heterocycles. The van der Waals surface area contributed by atoms with E-state index in [2.05, 4.69) is 6.58 Å². The number of benzene rings is 1. The van der Waals surface area contributed by atoms with E-state index in [1.54, 1.807) is 18.2 Å². The molecule has 0 aromatic heterocycles. The number of hydrogen-bond donors (Lipinski definition) is 0. The molecule has 0 aliphatic carbocycles. The van der Waals surface area contributed by atoms with E-state index in [4.69, 9.17) is 4.43 Å². The van der Waals surface area contributed by atoms with E-state index >= 15 is 0 Å². The van der Waals surface area contributed by atoms with Gasteiger partial charge in [0.15, 0.2) is 0 Å². The maximum Gasteiger partial charge on any atom is 0.324 e. The smallest absolute Gasteiger partial charge is 0.324 e. The standard InChI is InChI=1S/C12H16O2Si/c1-5-10-7-6-8-11(9-10)12(13)14-15(2,3)4/h5-9H,1H2,2-4H3. The van der Waals surface area contributed by atoms with Gasteiger partial charge >= 0.3 is 5.97 Å². The zero-order valence-corrected chi connectivity index (χ0v) is 10.4. The van der Waals surface area contributed by atoms with Gasteiger partial charge in [-0.3, -0.25) is 0 Å². The molecule has 15 heavy (non-hydrogen) atoms. The molecular formula is C12H16O2Si. The molecule has 0 saturated carbocycles. The van der Waals surface area contributed by atoms with Crippen LogP contribution in [-0.4, -0.2) is 14.3 Å². The molecule has 0 amide bonds. The molecule has 0 N–H and O–H groups in total. The quantitative estimate of drug-likeness (QED) is 0.730. The van der Waals surface area contributed by atoms with Gasteiger partial charge in [0.1, 0.15) is 0 Å². The van der Waals surface area contributed by atoms with Crippen LogP contribution in [0.4, 0.5) is 0 Å². The van der Waals surface area contributed by atoms with Crippen LogP contribution in [0.1, 0.15) is 15.9 Å². The number of carbonyl (C=O) groups is 1. The van der Waals surface area contributed by atoms with Crippen LogP contribution in [0, 0.1) is 0 Å².